The van der Waals surface area contributed by atoms with Gasteiger partial charge in [-0.3, -0.25) is 14.5 Å². The predicted molar refractivity (Wildman–Crippen MR) is 106 cm³/mol. The van der Waals surface area contributed by atoms with Crippen molar-refractivity contribution in [3.05, 3.63) is 48.5 Å². The molecule has 27 heavy (non-hydrogen) atoms. The lowest BCUT2D eigenvalue weighted by Crippen LogP contribution is -2.32. The van der Waals surface area contributed by atoms with Gasteiger partial charge in [0.2, 0.25) is 0 Å². The van der Waals surface area contributed by atoms with Crippen LogP contribution in [0.15, 0.2) is 58.3 Å². The van der Waals surface area contributed by atoms with Gasteiger partial charge in [0, 0.05) is 16.2 Å². The lowest BCUT2D eigenvalue weighted by atomic mass is 9.87. The fraction of sp³-hybridized carbons (Fsp3) is 0.364. The summed E-state index contributed by atoms with van der Waals surface area (Å²) < 4.78 is 5.35. The average Bonchev–Trinajstić information content (AvgIpc) is 2.71. The summed E-state index contributed by atoms with van der Waals surface area (Å²) in [5, 5.41) is 0. The number of carbonyl (C=O) groups excluding carboxylic acids is 2. The number of fused-ring (bicyclic) bond motifs is 2. The number of nitrogens with zero attached hydrogens (tertiary/aromatic N) is 1. The van der Waals surface area contributed by atoms with Gasteiger partial charge >= 0.3 is 5.97 Å². The molecule has 0 N–H and O–H groups in total. The van der Waals surface area contributed by atoms with Crippen molar-refractivity contribution < 1.29 is 14.3 Å². The molecule has 2 aromatic rings. The second-order valence-corrected chi connectivity index (χ2v) is 8.22. The average molecular weight is 381 g/mol. The Labute approximate surface area is 163 Å². The summed E-state index contributed by atoms with van der Waals surface area (Å²) in [4.78, 5) is 28.9. The van der Waals surface area contributed by atoms with E-state index in [4.69, 9.17) is 4.74 Å². The molecule has 140 valence electrons. The van der Waals surface area contributed by atoms with Crippen molar-refractivity contribution in [1.29, 1.82) is 0 Å². The Morgan fingerprint density at radius 3 is 2.15 bits per heavy atom. The molecule has 0 aromatic heterocycles. The first-order valence-corrected chi connectivity index (χ1v) is 10.4. The van der Waals surface area contributed by atoms with Crippen molar-refractivity contribution in [2.75, 3.05) is 11.5 Å². The molecular weight excluding hydrogens is 358 g/mol. The van der Waals surface area contributed by atoms with Gasteiger partial charge in [-0.2, -0.15) is 0 Å². The number of carbonyl (C=O) groups is 2. The topological polar surface area (TPSA) is 46.6 Å². The van der Waals surface area contributed by atoms with Crippen molar-refractivity contribution in [1.82, 2.24) is 0 Å². The molecule has 1 aliphatic carbocycles. The summed E-state index contributed by atoms with van der Waals surface area (Å²) in [6.07, 6.45) is 6.25. The first-order valence-electron chi connectivity index (χ1n) is 9.57. The molecule has 1 aliphatic heterocycles. The number of anilines is 2. The fourth-order valence-electron chi connectivity index (χ4n) is 3.87. The highest BCUT2D eigenvalue weighted by Crippen LogP contribution is 2.47. The van der Waals surface area contributed by atoms with Crippen LogP contribution in [0.2, 0.25) is 0 Å². The van der Waals surface area contributed by atoms with E-state index in [0.29, 0.717) is 12.3 Å². The van der Waals surface area contributed by atoms with Gasteiger partial charge in [0.25, 0.3) is 5.91 Å². The largest absolute Gasteiger partial charge is 0.456 e. The van der Waals surface area contributed by atoms with E-state index in [1.165, 1.54) is 19.3 Å². The lowest BCUT2D eigenvalue weighted by Gasteiger charge is -2.30. The molecule has 0 radical (unpaired) electrons. The minimum atomic E-state index is -0.261. The first-order chi connectivity index (χ1) is 13.2. The molecule has 1 heterocycles. The van der Waals surface area contributed by atoms with E-state index in [2.05, 4.69) is 0 Å². The smallest absolute Gasteiger partial charge is 0.306 e. The van der Waals surface area contributed by atoms with E-state index < -0.39 is 0 Å². The molecule has 4 rings (SSSR count). The van der Waals surface area contributed by atoms with E-state index in [1.807, 2.05) is 48.5 Å². The van der Waals surface area contributed by atoms with Crippen LogP contribution >= 0.6 is 11.8 Å². The van der Waals surface area contributed by atoms with Gasteiger partial charge in [-0.25, -0.2) is 0 Å². The van der Waals surface area contributed by atoms with Crippen molar-refractivity contribution in [3.63, 3.8) is 0 Å². The SMILES string of the molecule is O=C(CC1CCCCC1)OCC(=O)N1c2ccccc2Sc2ccccc21. The Kier molecular flexibility index (Phi) is 5.48. The third-order valence-corrected chi connectivity index (χ3v) is 6.35. The van der Waals surface area contributed by atoms with Gasteiger partial charge in [-0.15, -0.1) is 0 Å². The summed E-state index contributed by atoms with van der Waals surface area (Å²) in [6, 6.07) is 15.6. The van der Waals surface area contributed by atoms with Crippen molar-refractivity contribution in [2.45, 2.75) is 48.3 Å². The van der Waals surface area contributed by atoms with Gasteiger partial charge in [0.1, 0.15) is 0 Å². The van der Waals surface area contributed by atoms with E-state index in [0.717, 1.165) is 34.0 Å². The number of hydrogen-bond acceptors (Lipinski definition) is 4. The number of rotatable bonds is 4. The standard InChI is InChI=1S/C22H23NO3S/c24-21(15-26-22(25)14-16-8-2-1-3-9-16)23-17-10-4-6-12-19(17)27-20-13-7-5-11-18(20)23/h4-7,10-13,16H,1-3,8-9,14-15H2. The van der Waals surface area contributed by atoms with E-state index in [1.54, 1.807) is 16.7 Å². The molecule has 1 amide bonds. The molecule has 0 spiro atoms. The molecule has 0 atom stereocenters. The number of amides is 1. The molecule has 0 unspecified atom stereocenters. The number of hydrogen-bond donors (Lipinski definition) is 0. The Bertz CT molecular complexity index is 799. The highest BCUT2D eigenvalue weighted by molar-refractivity contribution is 7.99. The zero-order chi connectivity index (χ0) is 18.6. The number of benzene rings is 2. The first kappa shape index (κ1) is 18.1. The Balaban J connectivity index is 1.46. The quantitative estimate of drug-likeness (QED) is 0.672. The van der Waals surface area contributed by atoms with Gasteiger partial charge in [-0.05, 0) is 43.0 Å². The summed E-state index contributed by atoms with van der Waals surface area (Å²) in [5.41, 5.74) is 1.68. The maximum atomic E-state index is 13.0. The van der Waals surface area contributed by atoms with Crippen LogP contribution in [0.1, 0.15) is 38.5 Å². The number of esters is 1. The van der Waals surface area contributed by atoms with Crippen LogP contribution in [0.4, 0.5) is 11.4 Å². The molecular formula is C22H23NO3S. The maximum Gasteiger partial charge on any atom is 0.306 e. The Morgan fingerprint density at radius 2 is 1.52 bits per heavy atom. The van der Waals surface area contributed by atoms with Gasteiger partial charge in [0.15, 0.2) is 6.61 Å². The van der Waals surface area contributed by atoms with Crippen LogP contribution in [-0.4, -0.2) is 18.5 Å². The summed E-state index contributed by atoms with van der Waals surface area (Å²) in [5.74, 6) is -0.0652. The van der Waals surface area contributed by atoms with Crippen molar-refractivity contribution in [2.24, 2.45) is 5.92 Å². The van der Waals surface area contributed by atoms with E-state index in [-0.39, 0.29) is 18.5 Å². The van der Waals surface area contributed by atoms with Crippen LogP contribution < -0.4 is 4.90 Å². The lowest BCUT2D eigenvalue weighted by molar-refractivity contribution is -0.148. The molecule has 5 heteroatoms. The van der Waals surface area contributed by atoms with Crippen LogP contribution in [0.5, 0.6) is 0 Å². The number of ether oxygens (including phenoxy) is 1. The van der Waals surface area contributed by atoms with Crippen molar-refractivity contribution >= 4 is 35.0 Å². The Hall–Kier alpha value is -2.27. The van der Waals surface area contributed by atoms with E-state index in [9.17, 15) is 9.59 Å². The second kappa shape index (κ2) is 8.17. The van der Waals surface area contributed by atoms with Gasteiger partial charge in [-0.1, -0.05) is 55.3 Å². The monoisotopic (exact) mass is 381 g/mol. The normalized spacial score (nSPS) is 16.4. The molecule has 0 saturated heterocycles. The summed E-state index contributed by atoms with van der Waals surface area (Å²) >= 11 is 1.65. The van der Waals surface area contributed by atoms with Crippen LogP contribution in [-0.2, 0) is 14.3 Å². The highest BCUT2D eigenvalue weighted by Gasteiger charge is 2.28. The van der Waals surface area contributed by atoms with Crippen LogP contribution in [0.25, 0.3) is 0 Å². The number of para-hydroxylation sites is 2. The molecule has 4 nitrogen and oxygen atoms in total. The third kappa shape index (κ3) is 4.03. The van der Waals surface area contributed by atoms with Gasteiger partial charge < -0.3 is 4.74 Å². The van der Waals surface area contributed by atoms with Crippen LogP contribution in [0, 0.1) is 5.92 Å². The minimum Gasteiger partial charge on any atom is -0.456 e. The highest BCUT2D eigenvalue weighted by atomic mass is 32.2. The van der Waals surface area contributed by atoms with Gasteiger partial charge in [0.05, 0.1) is 11.4 Å². The molecule has 1 fully saturated rings. The second-order valence-electron chi connectivity index (χ2n) is 7.14. The fourth-order valence-corrected chi connectivity index (χ4v) is 4.92. The Morgan fingerprint density at radius 1 is 0.926 bits per heavy atom. The summed E-state index contributed by atoms with van der Waals surface area (Å²) in [7, 11) is 0. The maximum absolute atomic E-state index is 13.0. The molecule has 2 aromatic carbocycles. The molecule has 0 bridgehead atoms. The third-order valence-electron chi connectivity index (χ3n) is 5.22. The summed E-state index contributed by atoms with van der Waals surface area (Å²) in [6.45, 7) is -0.223. The molecule has 1 saturated carbocycles. The van der Waals surface area contributed by atoms with E-state index >= 15 is 0 Å². The van der Waals surface area contributed by atoms with Crippen molar-refractivity contribution in [3.8, 4) is 0 Å². The zero-order valence-electron chi connectivity index (χ0n) is 15.2. The van der Waals surface area contributed by atoms with Crippen LogP contribution in [0.3, 0.4) is 0 Å². The molecule has 2 aliphatic rings. The minimum absolute atomic E-state index is 0.216. The predicted octanol–water partition coefficient (Wildman–Crippen LogP) is 5.33. The zero-order valence-corrected chi connectivity index (χ0v) is 16.0.